The first kappa shape index (κ1) is 31.9. The Morgan fingerprint density at radius 3 is 1.76 bits per heavy atom. The average Bonchev–Trinajstić information content (AvgIpc) is 3.33. The molecule has 226 valence electrons. The molecule has 0 radical (unpaired) electrons. The quantitative estimate of drug-likeness (QED) is 0.266. The molecule has 2 aromatic carbocycles. The highest BCUT2D eigenvalue weighted by atomic mass is 19.4. The lowest BCUT2D eigenvalue weighted by molar-refractivity contribution is -0.275. The summed E-state index contributed by atoms with van der Waals surface area (Å²) in [6, 6.07) is 7.22. The van der Waals surface area contributed by atoms with Gasteiger partial charge in [0.2, 0.25) is 5.92 Å². The molecule has 2 aromatic rings. The Kier molecular flexibility index (Phi) is 9.75. The van der Waals surface area contributed by atoms with Crippen molar-refractivity contribution in [2.75, 3.05) is 0 Å². The molecule has 14 heteroatoms. The zero-order valence-corrected chi connectivity index (χ0v) is 21.8. The van der Waals surface area contributed by atoms with Crippen LogP contribution in [0, 0.1) is 0 Å². The summed E-state index contributed by atoms with van der Waals surface area (Å²) < 4.78 is 113. The summed E-state index contributed by atoms with van der Waals surface area (Å²) in [7, 11) is 0. The normalized spacial score (nSPS) is 15.0. The Balaban J connectivity index is 2.16. The van der Waals surface area contributed by atoms with Crippen molar-refractivity contribution < 1.29 is 54.2 Å². The van der Waals surface area contributed by atoms with Gasteiger partial charge < -0.3 is 20.1 Å². The van der Waals surface area contributed by atoms with Gasteiger partial charge in [-0.15, -0.1) is 26.3 Å². The fraction of sp³-hybridized carbons (Fsp3) is 0.481. The number of hydrogen-bond acceptors (Lipinski definition) is 4. The molecule has 0 unspecified atom stereocenters. The van der Waals surface area contributed by atoms with Gasteiger partial charge in [0.1, 0.15) is 17.3 Å². The van der Waals surface area contributed by atoms with E-state index in [1.54, 1.807) is 0 Å². The van der Waals surface area contributed by atoms with Crippen molar-refractivity contribution >= 4 is 11.8 Å². The summed E-state index contributed by atoms with van der Waals surface area (Å²) in [5.41, 5.74) is -2.47. The minimum atomic E-state index is -5.11. The monoisotopic (exact) mass is 596 g/mol. The number of carbonyl (C=O) groups is 2. The first-order valence-electron chi connectivity index (χ1n) is 12.6. The Hall–Kier alpha value is -3.58. The highest BCUT2D eigenvalue weighted by Crippen LogP contribution is 2.39. The van der Waals surface area contributed by atoms with Crippen molar-refractivity contribution in [1.29, 1.82) is 0 Å². The van der Waals surface area contributed by atoms with Gasteiger partial charge >= 0.3 is 18.8 Å². The predicted molar refractivity (Wildman–Crippen MR) is 130 cm³/mol. The van der Waals surface area contributed by atoms with Gasteiger partial charge in [0, 0.05) is 25.3 Å². The number of Topliss-reactive ketones (excluding diaryl/α,β-unsaturated/α-hetero) is 1. The molecule has 0 heterocycles. The standard InChI is InChI=1S/C27H28F8N2O4/c1-24(28,29)13-12-20(38)16-25(37-23(39)36-19-8-2-3-9-19,17-6-4-10-21(14-17)40-26(30,31)32)18-7-5-11-22(15-18)41-27(33,34)35/h4-7,10-11,14-15,19H,2-3,8-9,12-13,16H2,1H3,(H2,36,37,39). The van der Waals surface area contributed by atoms with E-state index in [1.807, 2.05) is 0 Å². The number of ether oxygens (including phenoxy) is 2. The summed E-state index contributed by atoms with van der Waals surface area (Å²) in [6.45, 7) is 0.594. The molecule has 0 aliphatic heterocycles. The van der Waals surface area contributed by atoms with Crippen LogP contribution in [0.25, 0.3) is 0 Å². The second-order valence-corrected chi connectivity index (χ2v) is 9.92. The highest BCUT2D eigenvalue weighted by Gasteiger charge is 2.41. The van der Waals surface area contributed by atoms with Crippen LogP contribution in [0.5, 0.6) is 11.5 Å². The molecule has 2 N–H and O–H groups in total. The van der Waals surface area contributed by atoms with Crippen LogP contribution >= 0.6 is 0 Å². The van der Waals surface area contributed by atoms with Gasteiger partial charge in [-0.3, -0.25) is 4.79 Å². The molecule has 1 aliphatic rings. The molecule has 2 amide bonds. The van der Waals surface area contributed by atoms with Crippen molar-refractivity contribution in [3.63, 3.8) is 0 Å². The minimum absolute atomic E-state index is 0.179. The zero-order valence-electron chi connectivity index (χ0n) is 21.8. The highest BCUT2D eigenvalue weighted by molar-refractivity contribution is 5.83. The SMILES string of the molecule is CC(F)(F)CCC(=O)CC(NC(=O)NC1CCCC1)(c1cccc(OC(F)(F)F)c1)c1cccc(OC(F)(F)F)c1. The topological polar surface area (TPSA) is 76.7 Å². The van der Waals surface area contributed by atoms with Crippen LogP contribution in [0.15, 0.2) is 48.5 Å². The van der Waals surface area contributed by atoms with Crippen LogP contribution in [-0.4, -0.2) is 36.5 Å². The van der Waals surface area contributed by atoms with Crippen LogP contribution in [-0.2, 0) is 10.3 Å². The molecule has 3 rings (SSSR count). The second kappa shape index (κ2) is 12.5. The molecule has 1 fully saturated rings. The number of hydrogen-bond donors (Lipinski definition) is 2. The number of benzene rings is 2. The predicted octanol–water partition coefficient (Wildman–Crippen LogP) is 7.36. The first-order valence-corrected chi connectivity index (χ1v) is 12.6. The maximum absolute atomic E-state index is 13.5. The van der Waals surface area contributed by atoms with Crippen molar-refractivity contribution in [3.8, 4) is 11.5 Å². The van der Waals surface area contributed by atoms with E-state index in [9.17, 15) is 44.7 Å². The van der Waals surface area contributed by atoms with Gasteiger partial charge in [0.25, 0.3) is 0 Å². The van der Waals surface area contributed by atoms with E-state index < -0.39 is 66.8 Å². The third-order valence-electron chi connectivity index (χ3n) is 6.44. The summed E-state index contributed by atoms with van der Waals surface area (Å²) in [4.78, 5) is 26.3. The van der Waals surface area contributed by atoms with Crippen LogP contribution < -0.4 is 20.1 Å². The van der Waals surface area contributed by atoms with Crippen molar-refractivity contribution in [1.82, 2.24) is 10.6 Å². The van der Waals surface area contributed by atoms with E-state index in [-0.39, 0.29) is 17.2 Å². The van der Waals surface area contributed by atoms with Gasteiger partial charge in [-0.1, -0.05) is 37.1 Å². The molecule has 0 atom stereocenters. The Bertz CT molecular complexity index is 1150. The van der Waals surface area contributed by atoms with Gasteiger partial charge in [0.15, 0.2) is 0 Å². The number of alkyl halides is 8. The minimum Gasteiger partial charge on any atom is -0.406 e. The van der Waals surface area contributed by atoms with E-state index in [1.165, 1.54) is 12.1 Å². The molecule has 0 aromatic heterocycles. The van der Waals surface area contributed by atoms with Crippen molar-refractivity contribution in [2.45, 2.75) is 82.1 Å². The third kappa shape index (κ3) is 10.1. The Morgan fingerprint density at radius 2 is 1.32 bits per heavy atom. The lowest BCUT2D eigenvalue weighted by Gasteiger charge is -2.36. The van der Waals surface area contributed by atoms with Crippen LogP contribution in [0.1, 0.15) is 63.0 Å². The van der Waals surface area contributed by atoms with Gasteiger partial charge in [0.05, 0.1) is 5.54 Å². The van der Waals surface area contributed by atoms with E-state index in [2.05, 4.69) is 20.1 Å². The molecule has 41 heavy (non-hydrogen) atoms. The van der Waals surface area contributed by atoms with Crippen molar-refractivity contribution in [2.24, 2.45) is 0 Å². The summed E-state index contributed by atoms with van der Waals surface area (Å²) >= 11 is 0. The molecule has 1 saturated carbocycles. The Labute approximate surface area is 230 Å². The molecule has 6 nitrogen and oxygen atoms in total. The van der Waals surface area contributed by atoms with E-state index in [0.717, 1.165) is 49.2 Å². The second-order valence-electron chi connectivity index (χ2n) is 9.92. The summed E-state index contributed by atoms with van der Waals surface area (Å²) in [5, 5.41) is 5.27. The number of amides is 2. The average molecular weight is 597 g/mol. The Morgan fingerprint density at radius 1 is 0.829 bits per heavy atom. The van der Waals surface area contributed by atoms with Gasteiger partial charge in [-0.05, 0) is 55.2 Å². The lowest BCUT2D eigenvalue weighted by atomic mass is 9.78. The third-order valence-corrected chi connectivity index (χ3v) is 6.44. The first-order chi connectivity index (χ1) is 18.9. The zero-order chi connectivity index (χ0) is 30.5. The van der Waals surface area contributed by atoms with Crippen LogP contribution in [0.2, 0.25) is 0 Å². The van der Waals surface area contributed by atoms with Gasteiger partial charge in [-0.25, -0.2) is 13.6 Å². The van der Waals surface area contributed by atoms with Gasteiger partial charge in [-0.2, -0.15) is 0 Å². The number of halogens is 8. The molecule has 0 saturated heterocycles. The van der Waals surface area contributed by atoms with E-state index >= 15 is 0 Å². The lowest BCUT2D eigenvalue weighted by Crippen LogP contribution is -2.53. The molecular formula is C27H28F8N2O4. The fourth-order valence-corrected chi connectivity index (χ4v) is 4.71. The number of ketones is 1. The van der Waals surface area contributed by atoms with Crippen LogP contribution in [0.3, 0.4) is 0 Å². The largest absolute Gasteiger partial charge is 0.573 e. The maximum Gasteiger partial charge on any atom is 0.573 e. The summed E-state index contributed by atoms with van der Waals surface area (Å²) in [6.07, 6.45) is -9.65. The number of urea groups is 1. The smallest absolute Gasteiger partial charge is 0.406 e. The van der Waals surface area contributed by atoms with E-state index in [0.29, 0.717) is 19.8 Å². The number of rotatable bonds is 11. The number of nitrogens with one attached hydrogen (secondary N) is 2. The maximum atomic E-state index is 13.5. The van der Waals surface area contributed by atoms with Crippen molar-refractivity contribution in [3.05, 3.63) is 59.7 Å². The summed E-state index contributed by atoms with van der Waals surface area (Å²) in [5.74, 6) is -5.55. The number of carbonyl (C=O) groups excluding carboxylic acids is 2. The fourth-order valence-electron chi connectivity index (χ4n) is 4.71. The molecule has 0 spiro atoms. The molecule has 1 aliphatic carbocycles. The molecular weight excluding hydrogens is 568 g/mol. The van der Waals surface area contributed by atoms with E-state index in [4.69, 9.17) is 0 Å². The molecule has 0 bridgehead atoms. The van der Waals surface area contributed by atoms with Crippen LogP contribution in [0.4, 0.5) is 39.9 Å².